The Bertz CT molecular complexity index is 330. The normalized spacial score (nSPS) is 11.4. The monoisotopic (exact) mass is 179 g/mol. The van der Waals surface area contributed by atoms with Crippen LogP contribution in [0, 0.1) is 0 Å². The molecule has 0 saturated heterocycles. The van der Waals surface area contributed by atoms with Crippen molar-refractivity contribution in [3.05, 3.63) is 18.2 Å². The molecule has 1 aromatic rings. The van der Waals surface area contributed by atoms with Crippen LogP contribution in [0.2, 0.25) is 0 Å². The molecule has 0 unspecified atom stereocenters. The molecule has 0 heterocycles. The molecule has 0 bridgehead atoms. The van der Waals surface area contributed by atoms with Crippen LogP contribution >= 0.6 is 0 Å². The molecule has 4 heteroatoms. The Morgan fingerprint density at radius 2 is 2.15 bits per heavy atom. The van der Waals surface area contributed by atoms with Gasteiger partial charge in [-0.3, -0.25) is 0 Å². The average molecular weight is 179 g/mol. The molecule has 0 aliphatic rings. The molecule has 1 aromatic carbocycles. The van der Waals surface area contributed by atoms with Crippen LogP contribution in [0.25, 0.3) is 0 Å². The molecule has 0 atom stereocenters. The van der Waals surface area contributed by atoms with E-state index in [2.05, 4.69) is 4.99 Å². The molecule has 70 valence electrons. The third kappa shape index (κ3) is 2.37. The van der Waals surface area contributed by atoms with Crippen molar-refractivity contribution in [1.82, 2.24) is 0 Å². The van der Waals surface area contributed by atoms with Gasteiger partial charge in [0.15, 0.2) is 0 Å². The van der Waals surface area contributed by atoms with Crippen molar-refractivity contribution in [3.63, 3.8) is 0 Å². The molecule has 0 aromatic heterocycles. The number of anilines is 1. The number of nitrogens with two attached hydrogens (primary N) is 2. The highest BCUT2D eigenvalue weighted by Crippen LogP contribution is 2.26. The van der Waals surface area contributed by atoms with E-state index >= 15 is 0 Å². The van der Waals surface area contributed by atoms with Crippen LogP contribution in [0.15, 0.2) is 23.2 Å². The molecule has 0 spiro atoms. The Hall–Kier alpha value is -1.71. The van der Waals surface area contributed by atoms with Gasteiger partial charge in [0.25, 0.3) is 0 Å². The van der Waals surface area contributed by atoms with Crippen molar-refractivity contribution in [1.29, 1.82) is 0 Å². The number of amidine groups is 1. The molecule has 4 N–H and O–H groups in total. The van der Waals surface area contributed by atoms with Crippen molar-refractivity contribution < 1.29 is 4.74 Å². The van der Waals surface area contributed by atoms with Gasteiger partial charge in [0.05, 0.1) is 24.3 Å². The van der Waals surface area contributed by atoms with E-state index in [0.717, 1.165) is 0 Å². The highest BCUT2D eigenvalue weighted by Gasteiger charge is 1.98. The SMILES string of the molecule is COc1ccc(N=C(C)N)c(N)c1. The van der Waals surface area contributed by atoms with Gasteiger partial charge in [-0.1, -0.05) is 0 Å². The number of benzene rings is 1. The van der Waals surface area contributed by atoms with E-state index in [-0.39, 0.29) is 0 Å². The van der Waals surface area contributed by atoms with Crippen LogP contribution < -0.4 is 16.2 Å². The maximum Gasteiger partial charge on any atom is 0.121 e. The minimum absolute atomic E-state index is 0.483. The van der Waals surface area contributed by atoms with Crippen molar-refractivity contribution in [2.45, 2.75) is 6.92 Å². The first-order valence-corrected chi connectivity index (χ1v) is 3.87. The fraction of sp³-hybridized carbons (Fsp3) is 0.222. The Morgan fingerprint density at radius 1 is 1.46 bits per heavy atom. The summed E-state index contributed by atoms with van der Waals surface area (Å²) in [5, 5.41) is 0. The van der Waals surface area contributed by atoms with Gasteiger partial charge in [0.1, 0.15) is 5.75 Å². The first-order chi connectivity index (χ1) is 6.13. The van der Waals surface area contributed by atoms with Crippen molar-refractivity contribution in [3.8, 4) is 5.75 Å². The summed E-state index contributed by atoms with van der Waals surface area (Å²) in [5.74, 6) is 1.20. The number of rotatable bonds is 2. The molecule has 0 fully saturated rings. The zero-order chi connectivity index (χ0) is 9.84. The van der Waals surface area contributed by atoms with E-state index in [0.29, 0.717) is 23.0 Å². The quantitative estimate of drug-likeness (QED) is 0.408. The molecule has 0 amide bonds. The van der Waals surface area contributed by atoms with Crippen molar-refractivity contribution in [2.75, 3.05) is 12.8 Å². The minimum Gasteiger partial charge on any atom is -0.497 e. The van der Waals surface area contributed by atoms with Gasteiger partial charge < -0.3 is 16.2 Å². The first kappa shape index (κ1) is 9.38. The summed E-state index contributed by atoms with van der Waals surface area (Å²) in [6, 6.07) is 5.27. The number of nitrogens with zero attached hydrogens (tertiary/aromatic N) is 1. The standard InChI is InChI=1S/C9H13N3O/c1-6(10)12-9-4-3-7(13-2)5-8(9)11/h3-5H,11H2,1-2H3,(H2,10,12). The number of hydrogen-bond acceptors (Lipinski definition) is 3. The lowest BCUT2D eigenvalue weighted by atomic mass is 10.2. The fourth-order valence-electron chi connectivity index (χ4n) is 0.951. The van der Waals surface area contributed by atoms with E-state index in [1.165, 1.54) is 0 Å². The van der Waals surface area contributed by atoms with Crippen LogP contribution in [-0.4, -0.2) is 12.9 Å². The smallest absolute Gasteiger partial charge is 0.121 e. The third-order valence-corrected chi connectivity index (χ3v) is 1.53. The van der Waals surface area contributed by atoms with Gasteiger partial charge in [-0.25, -0.2) is 4.99 Å². The zero-order valence-electron chi connectivity index (χ0n) is 7.74. The Morgan fingerprint density at radius 3 is 2.62 bits per heavy atom. The summed E-state index contributed by atoms with van der Waals surface area (Å²) in [6.07, 6.45) is 0. The second kappa shape index (κ2) is 3.80. The molecular weight excluding hydrogens is 166 g/mol. The van der Waals surface area contributed by atoms with Crippen LogP contribution in [0.3, 0.4) is 0 Å². The molecular formula is C9H13N3O. The highest BCUT2D eigenvalue weighted by atomic mass is 16.5. The molecule has 0 saturated carbocycles. The maximum atomic E-state index is 5.70. The third-order valence-electron chi connectivity index (χ3n) is 1.53. The number of nitrogen functional groups attached to an aromatic ring is 1. The van der Waals surface area contributed by atoms with Gasteiger partial charge in [0.2, 0.25) is 0 Å². The molecule has 4 nitrogen and oxygen atoms in total. The largest absolute Gasteiger partial charge is 0.497 e. The second-order valence-electron chi connectivity index (χ2n) is 2.68. The van der Waals surface area contributed by atoms with Crippen LogP contribution in [-0.2, 0) is 0 Å². The van der Waals surface area contributed by atoms with E-state index in [1.807, 2.05) is 0 Å². The molecule has 0 radical (unpaired) electrons. The highest BCUT2D eigenvalue weighted by molar-refractivity contribution is 5.83. The van der Waals surface area contributed by atoms with Gasteiger partial charge >= 0.3 is 0 Å². The minimum atomic E-state index is 0.483. The first-order valence-electron chi connectivity index (χ1n) is 3.87. The van der Waals surface area contributed by atoms with Crippen molar-refractivity contribution in [2.24, 2.45) is 10.7 Å². The van der Waals surface area contributed by atoms with Gasteiger partial charge in [-0.15, -0.1) is 0 Å². The van der Waals surface area contributed by atoms with Crippen LogP contribution in [0.4, 0.5) is 11.4 Å². The number of ether oxygens (including phenoxy) is 1. The predicted molar refractivity (Wildman–Crippen MR) is 54.4 cm³/mol. The van der Waals surface area contributed by atoms with Gasteiger partial charge in [-0.2, -0.15) is 0 Å². The predicted octanol–water partition coefficient (Wildman–Crippen LogP) is 1.29. The summed E-state index contributed by atoms with van der Waals surface area (Å²) >= 11 is 0. The molecule has 13 heavy (non-hydrogen) atoms. The second-order valence-corrected chi connectivity index (χ2v) is 2.68. The van der Waals surface area contributed by atoms with E-state index in [4.69, 9.17) is 16.2 Å². The Kier molecular flexibility index (Phi) is 2.74. The summed E-state index contributed by atoms with van der Waals surface area (Å²) in [4.78, 5) is 4.05. The van der Waals surface area contributed by atoms with Gasteiger partial charge in [-0.05, 0) is 19.1 Å². The lowest BCUT2D eigenvalue weighted by Crippen LogP contribution is -2.04. The van der Waals surface area contributed by atoms with Crippen molar-refractivity contribution >= 4 is 17.2 Å². The summed E-state index contributed by atoms with van der Waals surface area (Å²) < 4.78 is 5.00. The molecule has 1 rings (SSSR count). The molecule has 0 aliphatic heterocycles. The number of hydrogen-bond donors (Lipinski definition) is 2. The lowest BCUT2D eigenvalue weighted by molar-refractivity contribution is 0.415. The Balaban J connectivity index is 3.05. The summed E-state index contributed by atoms with van der Waals surface area (Å²) in [6.45, 7) is 1.71. The van der Waals surface area contributed by atoms with Gasteiger partial charge in [0, 0.05) is 6.07 Å². The fourth-order valence-corrected chi connectivity index (χ4v) is 0.951. The maximum absolute atomic E-state index is 5.70. The summed E-state index contributed by atoms with van der Waals surface area (Å²) in [5.41, 5.74) is 12.4. The number of aliphatic imine (C=N–C) groups is 1. The van der Waals surface area contributed by atoms with Crippen LogP contribution in [0.1, 0.15) is 6.92 Å². The Labute approximate surface area is 77.2 Å². The topological polar surface area (TPSA) is 73.6 Å². The lowest BCUT2D eigenvalue weighted by Gasteiger charge is -2.03. The molecule has 0 aliphatic carbocycles. The van der Waals surface area contributed by atoms with E-state index in [9.17, 15) is 0 Å². The zero-order valence-corrected chi connectivity index (χ0v) is 7.74. The van der Waals surface area contributed by atoms with E-state index < -0.39 is 0 Å². The average Bonchev–Trinajstić information content (AvgIpc) is 2.08. The number of methoxy groups -OCH3 is 1. The summed E-state index contributed by atoms with van der Waals surface area (Å²) in [7, 11) is 1.59. The van der Waals surface area contributed by atoms with Crippen LogP contribution in [0.5, 0.6) is 5.75 Å². The van der Waals surface area contributed by atoms with E-state index in [1.54, 1.807) is 32.2 Å².